The summed E-state index contributed by atoms with van der Waals surface area (Å²) in [5, 5.41) is 0. The molecule has 0 amide bonds. The standard InChI is InChI=1S/C14H21N/c1-5-8-15-10-14(3,4)12-9-11(2)6-7-13(12)15/h6-7,9H,5,8,10H2,1-4H3. The van der Waals surface area contributed by atoms with Crippen LogP contribution in [-0.4, -0.2) is 13.1 Å². The van der Waals surface area contributed by atoms with Crippen LogP contribution in [0.15, 0.2) is 18.2 Å². The van der Waals surface area contributed by atoms with Gasteiger partial charge >= 0.3 is 0 Å². The van der Waals surface area contributed by atoms with Crippen LogP contribution in [0.25, 0.3) is 0 Å². The number of hydrogen-bond acceptors (Lipinski definition) is 1. The Balaban J connectivity index is 2.43. The maximum Gasteiger partial charge on any atom is 0.0405 e. The molecule has 1 heterocycles. The van der Waals surface area contributed by atoms with Gasteiger partial charge in [-0.1, -0.05) is 38.5 Å². The van der Waals surface area contributed by atoms with Crippen molar-refractivity contribution in [3.05, 3.63) is 29.3 Å². The highest BCUT2D eigenvalue weighted by Gasteiger charge is 2.34. The number of benzene rings is 1. The number of fused-ring (bicyclic) bond motifs is 1. The molecule has 0 N–H and O–H groups in total. The van der Waals surface area contributed by atoms with Crippen molar-refractivity contribution in [1.29, 1.82) is 0 Å². The van der Waals surface area contributed by atoms with E-state index in [1.54, 1.807) is 0 Å². The van der Waals surface area contributed by atoms with Crippen molar-refractivity contribution in [2.75, 3.05) is 18.0 Å². The summed E-state index contributed by atoms with van der Waals surface area (Å²) in [7, 11) is 0. The van der Waals surface area contributed by atoms with Gasteiger partial charge in [-0.3, -0.25) is 0 Å². The minimum Gasteiger partial charge on any atom is -0.370 e. The van der Waals surface area contributed by atoms with Gasteiger partial charge < -0.3 is 4.90 Å². The molecule has 0 saturated heterocycles. The smallest absolute Gasteiger partial charge is 0.0405 e. The summed E-state index contributed by atoms with van der Waals surface area (Å²) in [6.07, 6.45) is 1.23. The van der Waals surface area contributed by atoms with Gasteiger partial charge in [0.05, 0.1) is 0 Å². The molecular formula is C14H21N. The quantitative estimate of drug-likeness (QED) is 0.711. The first-order valence-corrected chi connectivity index (χ1v) is 5.90. The zero-order chi connectivity index (χ0) is 11.1. The van der Waals surface area contributed by atoms with Gasteiger partial charge in [-0.05, 0) is 25.0 Å². The summed E-state index contributed by atoms with van der Waals surface area (Å²) in [4.78, 5) is 2.52. The van der Waals surface area contributed by atoms with Gasteiger partial charge in [-0.2, -0.15) is 0 Å². The van der Waals surface area contributed by atoms with Crippen LogP contribution >= 0.6 is 0 Å². The highest BCUT2D eigenvalue weighted by atomic mass is 15.2. The minimum atomic E-state index is 0.316. The first-order valence-electron chi connectivity index (χ1n) is 5.90. The molecule has 0 spiro atoms. The Kier molecular flexibility index (Phi) is 2.49. The number of anilines is 1. The number of nitrogens with zero attached hydrogens (tertiary/aromatic N) is 1. The predicted molar refractivity (Wildman–Crippen MR) is 66.7 cm³/mol. The van der Waals surface area contributed by atoms with Gasteiger partial charge in [0, 0.05) is 24.2 Å². The first kappa shape index (κ1) is 10.5. The summed E-state index contributed by atoms with van der Waals surface area (Å²) in [5.41, 5.74) is 4.67. The number of hydrogen-bond donors (Lipinski definition) is 0. The zero-order valence-corrected chi connectivity index (χ0v) is 10.3. The van der Waals surface area contributed by atoms with E-state index in [1.165, 1.54) is 36.3 Å². The van der Waals surface area contributed by atoms with Crippen LogP contribution in [0.1, 0.15) is 38.3 Å². The maximum atomic E-state index is 2.52. The molecule has 0 unspecified atom stereocenters. The van der Waals surface area contributed by atoms with Crippen LogP contribution in [0.5, 0.6) is 0 Å². The van der Waals surface area contributed by atoms with Gasteiger partial charge in [0.2, 0.25) is 0 Å². The molecule has 0 saturated carbocycles. The first-order chi connectivity index (χ1) is 7.04. The van der Waals surface area contributed by atoms with Crippen molar-refractivity contribution >= 4 is 5.69 Å². The Morgan fingerprint density at radius 3 is 2.73 bits per heavy atom. The van der Waals surface area contributed by atoms with E-state index in [4.69, 9.17) is 0 Å². The van der Waals surface area contributed by atoms with E-state index < -0.39 is 0 Å². The molecule has 1 aliphatic heterocycles. The van der Waals surface area contributed by atoms with Crippen molar-refractivity contribution < 1.29 is 0 Å². The molecule has 0 atom stereocenters. The predicted octanol–water partition coefficient (Wildman–Crippen LogP) is 3.50. The van der Waals surface area contributed by atoms with Crippen LogP contribution in [0.2, 0.25) is 0 Å². The minimum absolute atomic E-state index is 0.316. The van der Waals surface area contributed by atoms with Crippen LogP contribution < -0.4 is 4.90 Å². The average Bonchev–Trinajstić information content (AvgIpc) is 2.39. The lowest BCUT2D eigenvalue weighted by Crippen LogP contribution is -2.28. The second kappa shape index (κ2) is 3.55. The number of rotatable bonds is 2. The highest BCUT2D eigenvalue weighted by Crippen LogP contribution is 2.40. The molecule has 15 heavy (non-hydrogen) atoms. The van der Waals surface area contributed by atoms with Crippen LogP contribution in [0, 0.1) is 6.92 Å². The number of aryl methyl sites for hydroxylation is 1. The van der Waals surface area contributed by atoms with Crippen molar-refractivity contribution in [2.45, 2.75) is 39.5 Å². The van der Waals surface area contributed by atoms with Gasteiger partial charge in [-0.25, -0.2) is 0 Å². The SMILES string of the molecule is CCCN1CC(C)(C)c2cc(C)ccc21. The maximum absolute atomic E-state index is 2.52. The molecule has 2 rings (SSSR count). The Morgan fingerprint density at radius 1 is 1.33 bits per heavy atom. The van der Waals surface area contributed by atoms with E-state index >= 15 is 0 Å². The van der Waals surface area contributed by atoms with Crippen molar-refractivity contribution in [2.24, 2.45) is 0 Å². The lowest BCUT2D eigenvalue weighted by atomic mass is 9.86. The third kappa shape index (κ3) is 1.75. The molecule has 1 heteroatoms. The summed E-state index contributed by atoms with van der Waals surface area (Å²) in [6.45, 7) is 11.5. The van der Waals surface area contributed by atoms with Gasteiger partial charge in [0.15, 0.2) is 0 Å². The molecule has 0 aromatic heterocycles. The molecule has 1 nitrogen and oxygen atoms in total. The Labute approximate surface area is 93.1 Å². The lowest BCUT2D eigenvalue weighted by molar-refractivity contribution is 0.549. The molecule has 1 aromatic rings. The molecule has 0 aliphatic carbocycles. The second-order valence-electron chi connectivity index (χ2n) is 5.33. The molecule has 0 fully saturated rings. The van der Waals surface area contributed by atoms with Crippen LogP contribution in [0.4, 0.5) is 5.69 Å². The Bertz CT molecular complexity index is 366. The van der Waals surface area contributed by atoms with Crippen molar-refractivity contribution in [3.8, 4) is 0 Å². The summed E-state index contributed by atoms with van der Waals surface area (Å²) in [6, 6.07) is 6.86. The fourth-order valence-corrected chi connectivity index (χ4v) is 2.58. The van der Waals surface area contributed by atoms with Crippen molar-refractivity contribution in [1.82, 2.24) is 0 Å². The van der Waals surface area contributed by atoms with Crippen LogP contribution in [-0.2, 0) is 5.41 Å². The lowest BCUT2D eigenvalue weighted by Gasteiger charge is -2.21. The van der Waals surface area contributed by atoms with Crippen molar-refractivity contribution in [3.63, 3.8) is 0 Å². The van der Waals surface area contributed by atoms with E-state index in [1.807, 2.05) is 0 Å². The fourth-order valence-electron chi connectivity index (χ4n) is 2.58. The van der Waals surface area contributed by atoms with E-state index in [-0.39, 0.29) is 0 Å². The Hall–Kier alpha value is -0.980. The average molecular weight is 203 g/mol. The fraction of sp³-hybridized carbons (Fsp3) is 0.571. The Morgan fingerprint density at radius 2 is 2.07 bits per heavy atom. The normalized spacial score (nSPS) is 18.0. The monoisotopic (exact) mass is 203 g/mol. The van der Waals surface area contributed by atoms with E-state index in [0.29, 0.717) is 5.41 Å². The zero-order valence-electron chi connectivity index (χ0n) is 10.3. The third-order valence-electron chi connectivity index (χ3n) is 3.30. The molecule has 82 valence electrons. The third-order valence-corrected chi connectivity index (χ3v) is 3.30. The van der Waals surface area contributed by atoms with E-state index in [9.17, 15) is 0 Å². The molecule has 0 bridgehead atoms. The topological polar surface area (TPSA) is 3.24 Å². The van der Waals surface area contributed by atoms with Gasteiger partial charge in [0.1, 0.15) is 0 Å². The second-order valence-corrected chi connectivity index (χ2v) is 5.33. The van der Waals surface area contributed by atoms with Crippen LogP contribution in [0.3, 0.4) is 0 Å². The molecule has 1 aromatic carbocycles. The summed E-state index contributed by atoms with van der Waals surface area (Å²) in [5.74, 6) is 0. The summed E-state index contributed by atoms with van der Waals surface area (Å²) < 4.78 is 0. The largest absolute Gasteiger partial charge is 0.370 e. The van der Waals surface area contributed by atoms with Gasteiger partial charge in [-0.15, -0.1) is 0 Å². The molecule has 0 radical (unpaired) electrons. The molecular weight excluding hydrogens is 182 g/mol. The van der Waals surface area contributed by atoms with E-state index in [2.05, 4.69) is 50.8 Å². The molecule has 1 aliphatic rings. The highest BCUT2D eigenvalue weighted by molar-refractivity contribution is 5.63. The van der Waals surface area contributed by atoms with Gasteiger partial charge in [0.25, 0.3) is 0 Å². The summed E-state index contributed by atoms with van der Waals surface area (Å²) >= 11 is 0. The van der Waals surface area contributed by atoms with E-state index in [0.717, 1.165) is 0 Å².